The quantitative estimate of drug-likeness (QED) is 0.422. The number of nitrogens with zero attached hydrogens (tertiary/aromatic N) is 1. The van der Waals surface area contributed by atoms with Crippen LogP contribution in [0.5, 0.6) is 5.75 Å². The van der Waals surface area contributed by atoms with Gasteiger partial charge in [0.2, 0.25) is 0 Å². The largest absolute Gasteiger partial charge is 0.508 e. The van der Waals surface area contributed by atoms with E-state index in [4.69, 9.17) is 4.98 Å². The number of rotatable bonds is 5. The van der Waals surface area contributed by atoms with Gasteiger partial charge in [-0.1, -0.05) is 12.1 Å². The molecular weight excluding hydrogens is 397 g/mol. The Morgan fingerprint density at radius 1 is 0.966 bits per heavy atom. The van der Waals surface area contributed by atoms with E-state index in [0.717, 1.165) is 45.4 Å². The van der Waals surface area contributed by atoms with Gasteiger partial charge in [0.05, 0.1) is 16.8 Å². The van der Waals surface area contributed by atoms with Crippen LogP contribution in [-0.4, -0.2) is 10.1 Å². The molecule has 2 heterocycles. The second-order valence-corrected chi connectivity index (χ2v) is 7.46. The number of aromatic hydroxyl groups is 1. The Kier molecular flexibility index (Phi) is 5.25. The van der Waals surface area contributed by atoms with Crippen LogP contribution in [0.3, 0.4) is 0 Å². The molecule has 2 N–H and O–H groups in total. The molecule has 7 heteroatoms. The molecule has 0 aliphatic heterocycles. The number of pyridine rings is 1. The van der Waals surface area contributed by atoms with Crippen LogP contribution in [0.4, 0.5) is 13.2 Å². The third kappa shape index (κ3) is 4.41. The average molecular weight is 414 g/mol. The van der Waals surface area contributed by atoms with Crippen molar-refractivity contribution >= 4 is 22.2 Å². The first-order valence-corrected chi connectivity index (χ1v) is 9.86. The molecule has 29 heavy (non-hydrogen) atoms. The molecule has 0 amide bonds. The van der Waals surface area contributed by atoms with E-state index in [9.17, 15) is 18.3 Å². The van der Waals surface area contributed by atoms with Gasteiger partial charge in [0.25, 0.3) is 0 Å². The highest BCUT2D eigenvalue weighted by atomic mass is 32.1. The monoisotopic (exact) mass is 414 g/mol. The van der Waals surface area contributed by atoms with Crippen molar-refractivity contribution in [3.05, 3.63) is 82.0 Å². The molecule has 0 fully saturated rings. The van der Waals surface area contributed by atoms with E-state index >= 15 is 0 Å². The van der Waals surface area contributed by atoms with Gasteiger partial charge in [-0.15, -0.1) is 0 Å². The molecule has 3 nitrogen and oxygen atoms in total. The highest BCUT2D eigenvalue weighted by Crippen LogP contribution is 2.30. The van der Waals surface area contributed by atoms with Crippen molar-refractivity contribution in [2.24, 2.45) is 0 Å². The molecule has 0 saturated heterocycles. The summed E-state index contributed by atoms with van der Waals surface area (Å²) >= 11 is 1.58. The van der Waals surface area contributed by atoms with Crippen LogP contribution < -0.4 is 5.32 Å². The minimum Gasteiger partial charge on any atom is -0.508 e. The lowest BCUT2D eigenvalue weighted by atomic mass is 10.0. The third-order valence-corrected chi connectivity index (χ3v) is 5.28. The Morgan fingerprint density at radius 3 is 2.45 bits per heavy atom. The number of alkyl halides is 3. The van der Waals surface area contributed by atoms with Crippen molar-refractivity contribution in [1.82, 2.24) is 10.3 Å². The molecule has 0 aliphatic carbocycles. The van der Waals surface area contributed by atoms with Crippen LogP contribution in [0.15, 0.2) is 65.4 Å². The Hall–Kier alpha value is -2.90. The number of thiophene rings is 1. The first-order chi connectivity index (χ1) is 13.9. The number of phenolic OH excluding ortho intramolecular Hbond substituents is 1. The highest BCUT2D eigenvalue weighted by Gasteiger charge is 2.29. The number of fused-ring (bicyclic) bond motifs is 1. The summed E-state index contributed by atoms with van der Waals surface area (Å²) in [5.74, 6) is 0.172. The van der Waals surface area contributed by atoms with Gasteiger partial charge in [-0.2, -0.15) is 24.5 Å². The fourth-order valence-electron chi connectivity index (χ4n) is 3.14. The van der Waals surface area contributed by atoms with Crippen LogP contribution in [0.1, 0.15) is 16.7 Å². The van der Waals surface area contributed by atoms with Crippen molar-refractivity contribution in [3.8, 4) is 17.0 Å². The Morgan fingerprint density at radius 2 is 1.76 bits per heavy atom. The lowest BCUT2D eigenvalue weighted by molar-refractivity contribution is -0.137. The lowest BCUT2D eigenvalue weighted by Gasteiger charge is -2.12. The number of aromatic nitrogens is 1. The van der Waals surface area contributed by atoms with Gasteiger partial charge in [0.1, 0.15) is 5.75 Å². The lowest BCUT2D eigenvalue weighted by Crippen LogP contribution is -2.14. The van der Waals surface area contributed by atoms with Crippen LogP contribution in [0, 0.1) is 0 Å². The molecule has 0 radical (unpaired) electrons. The molecule has 0 spiro atoms. The van der Waals surface area contributed by atoms with Gasteiger partial charge in [0, 0.05) is 29.4 Å². The van der Waals surface area contributed by atoms with Crippen LogP contribution in [0.2, 0.25) is 0 Å². The second-order valence-electron chi connectivity index (χ2n) is 6.68. The zero-order chi connectivity index (χ0) is 20.4. The number of hydrogen-bond acceptors (Lipinski definition) is 4. The smallest absolute Gasteiger partial charge is 0.416 e. The summed E-state index contributed by atoms with van der Waals surface area (Å²) in [7, 11) is 0. The number of hydrogen-bond donors (Lipinski definition) is 2. The zero-order valence-corrected chi connectivity index (χ0v) is 16.0. The average Bonchev–Trinajstić information content (AvgIpc) is 3.22. The van der Waals surface area contributed by atoms with E-state index in [1.165, 1.54) is 12.1 Å². The van der Waals surface area contributed by atoms with Gasteiger partial charge in [-0.25, -0.2) is 4.98 Å². The normalized spacial score (nSPS) is 11.8. The molecule has 148 valence electrons. The standard InChI is InChI=1S/C22H17F3N2OS/c23-22(24,25)18-3-1-14(2-4-18)11-26-12-17-9-16-10-19(28)5-6-20(16)27-21(17)15-7-8-29-13-15/h1-10,13,26,28H,11-12H2. The molecule has 0 bridgehead atoms. The van der Waals surface area contributed by atoms with Gasteiger partial charge in [-0.05, 0) is 59.0 Å². The first-order valence-electron chi connectivity index (χ1n) is 8.92. The SMILES string of the molecule is Oc1ccc2nc(-c3ccsc3)c(CNCc3ccc(C(F)(F)F)cc3)cc2c1. The number of halogens is 3. The van der Waals surface area contributed by atoms with Crippen LogP contribution in [0.25, 0.3) is 22.2 Å². The Bertz CT molecular complexity index is 1120. The van der Waals surface area contributed by atoms with E-state index < -0.39 is 11.7 Å². The van der Waals surface area contributed by atoms with Crippen molar-refractivity contribution < 1.29 is 18.3 Å². The summed E-state index contributed by atoms with van der Waals surface area (Å²) in [6, 6.07) is 14.2. The molecule has 4 aromatic rings. The van der Waals surface area contributed by atoms with E-state index in [-0.39, 0.29) is 5.75 Å². The topological polar surface area (TPSA) is 45.2 Å². The molecule has 0 atom stereocenters. The number of phenols is 1. The number of benzene rings is 2. The summed E-state index contributed by atoms with van der Waals surface area (Å²) in [6.45, 7) is 0.921. The van der Waals surface area contributed by atoms with Gasteiger partial charge < -0.3 is 10.4 Å². The van der Waals surface area contributed by atoms with Crippen LogP contribution in [-0.2, 0) is 19.3 Å². The maximum Gasteiger partial charge on any atom is 0.416 e. The predicted molar refractivity (Wildman–Crippen MR) is 109 cm³/mol. The summed E-state index contributed by atoms with van der Waals surface area (Å²) in [4.78, 5) is 4.75. The van der Waals surface area contributed by atoms with E-state index in [0.29, 0.717) is 13.1 Å². The maximum absolute atomic E-state index is 12.7. The Balaban J connectivity index is 1.56. The zero-order valence-electron chi connectivity index (χ0n) is 15.2. The Labute approximate surface area is 169 Å². The van der Waals surface area contributed by atoms with E-state index in [1.54, 1.807) is 29.5 Å². The maximum atomic E-state index is 12.7. The van der Waals surface area contributed by atoms with Crippen LogP contribution >= 0.6 is 11.3 Å². The van der Waals surface area contributed by atoms with Crippen molar-refractivity contribution in [3.63, 3.8) is 0 Å². The summed E-state index contributed by atoms with van der Waals surface area (Å²) < 4.78 is 38.1. The summed E-state index contributed by atoms with van der Waals surface area (Å²) in [6.07, 6.45) is -4.33. The number of nitrogens with one attached hydrogen (secondary N) is 1. The van der Waals surface area contributed by atoms with Gasteiger partial charge in [0.15, 0.2) is 0 Å². The molecule has 2 aromatic carbocycles. The minimum absolute atomic E-state index is 0.172. The van der Waals surface area contributed by atoms with Crippen molar-refractivity contribution in [2.45, 2.75) is 19.3 Å². The third-order valence-electron chi connectivity index (χ3n) is 4.60. The van der Waals surface area contributed by atoms with E-state index in [1.807, 2.05) is 22.9 Å². The van der Waals surface area contributed by atoms with Crippen molar-refractivity contribution in [2.75, 3.05) is 0 Å². The van der Waals surface area contributed by atoms with E-state index in [2.05, 4.69) is 5.32 Å². The predicted octanol–water partition coefficient (Wildman–Crippen LogP) is 5.98. The summed E-state index contributed by atoms with van der Waals surface area (Å²) in [5, 5.41) is 17.9. The van der Waals surface area contributed by atoms with Gasteiger partial charge >= 0.3 is 6.18 Å². The molecule has 0 aliphatic rings. The molecule has 0 unspecified atom stereocenters. The molecule has 4 rings (SSSR count). The van der Waals surface area contributed by atoms with Crippen molar-refractivity contribution in [1.29, 1.82) is 0 Å². The highest BCUT2D eigenvalue weighted by molar-refractivity contribution is 7.08. The second kappa shape index (κ2) is 7.85. The fourth-order valence-corrected chi connectivity index (χ4v) is 3.79. The fraction of sp³-hybridized carbons (Fsp3) is 0.136. The van der Waals surface area contributed by atoms with Gasteiger partial charge in [-0.3, -0.25) is 0 Å². The molecule has 2 aromatic heterocycles. The molecular formula is C22H17F3N2OS. The minimum atomic E-state index is -4.33. The summed E-state index contributed by atoms with van der Waals surface area (Å²) in [5.41, 5.74) is 3.71. The molecule has 0 saturated carbocycles. The first kappa shape index (κ1) is 19.4.